The predicted octanol–water partition coefficient (Wildman–Crippen LogP) is 3.03. The molecule has 0 aromatic rings. The van der Waals surface area contributed by atoms with Gasteiger partial charge in [-0.1, -0.05) is 26.7 Å². The maximum absolute atomic E-state index is 3.84. The van der Waals surface area contributed by atoms with Gasteiger partial charge in [0.2, 0.25) is 0 Å². The third kappa shape index (κ3) is 2.46. The Morgan fingerprint density at radius 3 is 2.56 bits per heavy atom. The second-order valence-electron chi connectivity index (χ2n) is 7.31. The van der Waals surface area contributed by atoms with Crippen LogP contribution in [0.1, 0.15) is 58.8 Å². The standard InChI is InChI=1S/C16H30N2/c1-13-5-6-15(11-14(13)2)18-10-9-17-16(12-18)7-3-4-8-16/h13-15,17H,3-12H2,1-2H3. The van der Waals surface area contributed by atoms with Crippen molar-refractivity contribution in [3.63, 3.8) is 0 Å². The minimum Gasteiger partial charge on any atom is -0.309 e. The van der Waals surface area contributed by atoms with Crippen molar-refractivity contribution in [2.24, 2.45) is 11.8 Å². The topological polar surface area (TPSA) is 15.3 Å². The Labute approximate surface area is 113 Å². The van der Waals surface area contributed by atoms with Crippen molar-refractivity contribution in [2.45, 2.75) is 70.4 Å². The van der Waals surface area contributed by atoms with Gasteiger partial charge in [0.15, 0.2) is 0 Å². The summed E-state index contributed by atoms with van der Waals surface area (Å²) in [5.41, 5.74) is 0.505. The largest absolute Gasteiger partial charge is 0.309 e. The molecule has 1 heterocycles. The number of hydrogen-bond acceptors (Lipinski definition) is 2. The first kappa shape index (κ1) is 12.9. The average Bonchev–Trinajstić information content (AvgIpc) is 2.81. The molecule has 0 bridgehead atoms. The summed E-state index contributed by atoms with van der Waals surface area (Å²) in [6, 6.07) is 0.885. The monoisotopic (exact) mass is 250 g/mol. The molecule has 2 heteroatoms. The molecule has 104 valence electrons. The molecule has 1 spiro atoms. The molecule has 2 nitrogen and oxygen atoms in total. The van der Waals surface area contributed by atoms with Gasteiger partial charge >= 0.3 is 0 Å². The van der Waals surface area contributed by atoms with Crippen molar-refractivity contribution in [1.29, 1.82) is 0 Å². The van der Waals surface area contributed by atoms with Crippen LogP contribution in [-0.4, -0.2) is 36.1 Å². The van der Waals surface area contributed by atoms with Gasteiger partial charge in [-0.05, 0) is 43.9 Å². The summed E-state index contributed by atoms with van der Waals surface area (Å²) in [6.45, 7) is 8.74. The van der Waals surface area contributed by atoms with Gasteiger partial charge in [-0.3, -0.25) is 4.90 Å². The summed E-state index contributed by atoms with van der Waals surface area (Å²) in [6.07, 6.45) is 10.1. The molecule has 1 N–H and O–H groups in total. The fraction of sp³-hybridized carbons (Fsp3) is 1.00. The molecule has 3 atom stereocenters. The van der Waals surface area contributed by atoms with E-state index in [1.807, 2.05) is 0 Å². The zero-order valence-corrected chi connectivity index (χ0v) is 12.3. The highest BCUT2D eigenvalue weighted by atomic mass is 15.2. The zero-order valence-electron chi connectivity index (χ0n) is 12.3. The molecule has 3 unspecified atom stereocenters. The highest BCUT2D eigenvalue weighted by molar-refractivity contribution is 5.00. The van der Waals surface area contributed by atoms with E-state index in [2.05, 4.69) is 24.1 Å². The Morgan fingerprint density at radius 1 is 1.06 bits per heavy atom. The molecule has 1 aliphatic heterocycles. The van der Waals surface area contributed by atoms with Crippen LogP contribution in [0.5, 0.6) is 0 Å². The molecular weight excluding hydrogens is 220 g/mol. The van der Waals surface area contributed by atoms with Gasteiger partial charge in [0.25, 0.3) is 0 Å². The first-order valence-electron chi connectivity index (χ1n) is 8.18. The molecule has 3 fully saturated rings. The number of hydrogen-bond donors (Lipinski definition) is 1. The normalized spacial score (nSPS) is 41.3. The lowest BCUT2D eigenvalue weighted by Crippen LogP contribution is -2.61. The third-order valence-corrected chi connectivity index (χ3v) is 6.05. The Kier molecular flexibility index (Phi) is 3.68. The van der Waals surface area contributed by atoms with Crippen LogP contribution in [0, 0.1) is 11.8 Å². The van der Waals surface area contributed by atoms with Gasteiger partial charge in [-0.15, -0.1) is 0 Å². The van der Waals surface area contributed by atoms with Crippen molar-refractivity contribution < 1.29 is 0 Å². The van der Waals surface area contributed by atoms with Crippen LogP contribution in [-0.2, 0) is 0 Å². The molecule has 0 amide bonds. The van der Waals surface area contributed by atoms with Gasteiger partial charge < -0.3 is 5.32 Å². The molecule has 0 aromatic carbocycles. The lowest BCUT2D eigenvalue weighted by molar-refractivity contribution is 0.0530. The Balaban J connectivity index is 1.62. The summed E-state index contributed by atoms with van der Waals surface area (Å²) in [5, 5.41) is 3.84. The minimum atomic E-state index is 0.505. The number of nitrogens with one attached hydrogen (secondary N) is 1. The van der Waals surface area contributed by atoms with E-state index in [1.54, 1.807) is 0 Å². The van der Waals surface area contributed by atoms with Crippen molar-refractivity contribution in [2.75, 3.05) is 19.6 Å². The molecule has 2 aliphatic carbocycles. The van der Waals surface area contributed by atoms with Crippen LogP contribution in [0.2, 0.25) is 0 Å². The molecule has 18 heavy (non-hydrogen) atoms. The van der Waals surface area contributed by atoms with E-state index in [-0.39, 0.29) is 0 Å². The summed E-state index contributed by atoms with van der Waals surface area (Å²) in [7, 11) is 0. The molecule has 3 aliphatic rings. The molecule has 2 saturated carbocycles. The van der Waals surface area contributed by atoms with Crippen molar-refractivity contribution in [1.82, 2.24) is 10.2 Å². The lowest BCUT2D eigenvalue weighted by Gasteiger charge is -2.47. The molecule has 0 radical (unpaired) electrons. The molecule has 1 saturated heterocycles. The number of nitrogens with zero attached hydrogens (tertiary/aromatic N) is 1. The maximum atomic E-state index is 3.84. The van der Waals surface area contributed by atoms with E-state index < -0.39 is 0 Å². The molecule has 3 rings (SSSR count). The first-order chi connectivity index (χ1) is 8.69. The van der Waals surface area contributed by atoms with Gasteiger partial charge in [0.1, 0.15) is 0 Å². The lowest BCUT2D eigenvalue weighted by atomic mass is 9.78. The van der Waals surface area contributed by atoms with Crippen LogP contribution in [0.15, 0.2) is 0 Å². The SMILES string of the molecule is CC1CCC(N2CCNC3(CCCC3)C2)CC1C. The van der Waals surface area contributed by atoms with Gasteiger partial charge in [-0.25, -0.2) is 0 Å². The Morgan fingerprint density at radius 2 is 1.83 bits per heavy atom. The van der Waals surface area contributed by atoms with E-state index in [0.717, 1.165) is 17.9 Å². The first-order valence-corrected chi connectivity index (χ1v) is 8.18. The van der Waals surface area contributed by atoms with Crippen molar-refractivity contribution in [3.8, 4) is 0 Å². The summed E-state index contributed by atoms with van der Waals surface area (Å²) < 4.78 is 0. The predicted molar refractivity (Wildman–Crippen MR) is 76.7 cm³/mol. The smallest absolute Gasteiger partial charge is 0.0309 e. The second-order valence-corrected chi connectivity index (χ2v) is 7.31. The number of piperazine rings is 1. The highest BCUT2D eigenvalue weighted by Crippen LogP contribution is 2.36. The van der Waals surface area contributed by atoms with E-state index in [0.29, 0.717) is 5.54 Å². The van der Waals surface area contributed by atoms with E-state index >= 15 is 0 Å². The average molecular weight is 250 g/mol. The summed E-state index contributed by atoms with van der Waals surface area (Å²) >= 11 is 0. The highest BCUT2D eigenvalue weighted by Gasteiger charge is 2.40. The Bertz CT molecular complexity index is 283. The zero-order chi connectivity index (χ0) is 12.6. The maximum Gasteiger partial charge on any atom is 0.0309 e. The number of rotatable bonds is 1. The van der Waals surface area contributed by atoms with Crippen molar-refractivity contribution in [3.05, 3.63) is 0 Å². The van der Waals surface area contributed by atoms with E-state index in [1.165, 1.54) is 64.6 Å². The third-order valence-electron chi connectivity index (χ3n) is 6.05. The van der Waals surface area contributed by atoms with Crippen molar-refractivity contribution >= 4 is 0 Å². The van der Waals surface area contributed by atoms with Crippen LogP contribution in [0.25, 0.3) is 0 Å². The van der Waals surface area contributed by atoms with Crippen LogP contribution >= 0.6 is 0 Å². The molecule has 0 aromatic heterocycles. The van der Waals surface area contributed by atoms with Gasteiger partial charge in [0, 0.05) is 31.2 Å². The minimum absolute atomic E-state index is 0.505. The fourth-order valence-electron chi connectivity index (χ4n) is 4.54. The van der Waals surface area contributed by atoms with Gasteiger partial charge in [0.05, 0.1) is 0 Å². The fourth-order valence-corrected chi connectivity index (χ4v) is 4.54. The summed E-state index contributed by atoms with van der Waals surface area (Å²) in [4.78, 5) is 2.84. The van der Waals surface area contributed by atoms with Crippen LogP contribution in [0.4, 0.5) is 0 Å². The van der Waals surface area contributed by atoms with E-state index in [4.69, 9.17) is 0 Å². The second kappa shape index (κ2) is 5.13. The van der Waals surface area contributed by atoms with Crippen LogP contribution in [0.3, 0.4) is 0 Å². The van der Waals surface area contributed by atoms with E-state index in [9.17, 15) is 0 Å². The quantitative estimate of drug-likeness (QED) is 0.769. The van der Waals surface area contributed by atoms with Gasteiger partial charge in [-0.2, -0.15) is 0 Å². The molecular formula is C16H30N2. The Hall–Kier alpha value is -0.0800. The summed E-state index contributed by atoms with van der Waals surface area (Å²) in [5.74, 6) is 1.88. The van der Waals surface area contributed by atoms with Crippen LogP contribution < -0.4 is 5.32 Å².